The van der Waals surface area contributed by atoms with Crippen molar-refractivity contribution in [3.63, 3.8) is 0 Å². The van der Waals surface area contributed by atoms with Crippen molar-refractivity contribution < 1.29 is 8.42 Å². The second kappa shape index (κ2) is 6.16. The number of nitrogens with one attached hydrogen (secondary N) is 2. The zero-order chi connectivity index (χ0) is 12.9. The van der Waals surface area contributed by atoms with Gasteiger partial charge < -0.3 is 5.32 Å². The van der Waals surface area contributed by atoms with Crippen LogP contribution < -0.4 is 10.0 Å². The van der Waals surface area contributed by atoms with Gasteiger partial charge in [-0.1, -0.05) is 25.7 Å². The number of sulfonamides is 1. The van der Waals surface area contributed by atoms with E-state index >= 15 is 0 Å². The van der Waals surface area contributed by atoms with Gasteiger partial charge in [-0.25, -0.2) is 13.1 Å². The van der Waals surface area contributed by atoms with Gasteiger partial charge in [-0.3, -0.25) is 0 Å². The van der Waals surface area contributed by atoms with E-state index in [4.69, 9.17) is 0 Å². The Bertz CT molecular complexity index is 319. The van der Waals surface area contributed by atoms with Crippen LogP contribution in [-0.4, -0.2) is 33.3 Å². The Hall–Kier alpha value is -0.130. The Morgan fingerprint density at radius 3 is 2.35 bits per heavy atom. The first kappa shape index (κ1) is 14.9. The first-order valence-electron chi connectivity index (χ1n) is 6.48. The van der Waals surface area contributed by atoms with Crippen LogP contribution in [0, 0.1) is 5.92 Å². The molecule has 0 saturated heterocycles. The second-order valence-corrected chi connectivity index (χ2v) is 7.62. The molecule has 2 N–H and O–H groups in total. The lowest BCUT2D eigenvalue weighted by atomic mass is 10.0. The van der Waals surface area contributed by atoms with Crippen LogP contribution in [0.15, 0.2) is 0 Å². The topological polar surface area (TPSA) is 58.2 Å². The molecule has 0 aromatic carbocycles. The van der Waals surface area contributed by atoms with Crippen LogP contribution in [0.5, 0.6) is 0 Å². The predicted molar refractivity (Wildman–Crippen MR) is 71.5 cm³/mol. The van der Waals surface area contributed by atoms with Crippen molar-refractivity contribution in [3.8, 4) is 0 Å². The van der Waals surface area contributed by atoms with Gasteiger partial charge in [-0.2, -0.15) is 0 Å². The summed E-state index contributed by atoms with van der Waals surface area (Å²) in [6, 6.07) is 0. The fraction of sp³-hybridized carbons (Fsp3) is 1.00. The second-order valence-electron chi connectivity index (χ2n) is 5.87. The monoisotopic (exact) mass is 262 g/mol. The maximum Gasteiger partial charge on any atom is 0.209 e. The molecule has 1 fully saturated rings. The molecule has 102 valence electrons. The first-order valence-corrected chi connectivity index (χ1v) is 8.37. The minimum absolute atomic E-state index is 0.413. The molecule has 0 heterocycles. The molecule has 1 aliphatic carbocycles. The number of rotatable bonds is 7. The van der Waals surface area contributed by atoms with Crippen molar-refractivity contribution in [3.05, 3.63) is 0 Å². The van der Waals surface area contributed by atoms with Gasteiger partial charge in [0.25, 0.3) is 0 Å². The summed E-state index contributed by atoms with van der Waals surface area (Å²) in [5, 5.41) is 3.35. The van der Waals surface area contributed by atoms with Gasteiger partial charge in [-0.05, 0) is 32.7 Å². The van der Waals surface area contributed by atoms with Crippen LogP contribution in [0.1, 0.15) is 46.0 Å². The normalized spacial score (nSPS) is 18.8. The van der Waals surface area contributed by atoms with Gasteiger partial charge >= 0.3 is 0 Å². The SMILES string of the molecule is CC(C)(CNCCC1CCCC1)NS(C)(=O)=O. The lowest BCUT2D eigenvalue weighted by Gasteiger charge is -2.25. The van der Waals surface area contributed by atoms with E-state index in [-0.39, 0.29) is 0 Å². The van der Waals surface area contributed by atoms with Crippen LogP contribution in [0.3, 0.4) is 0 Å². The van der Waals surface area contributed by atoms with Gasteiger partial charge in [0.1, 0.15) is 0 Å². The Kier molecular flexibility index (Phi) is 5.41. The number of hydrogen-bond acceptors (Lipinski definition) is 3. The fourth-order valence-corrected chi connectivity index (χ4v) is 3.62. The van der Waals surface area contributed by atoms with E-state index in [9.17, 15) is 8.42 Å². The molecule has 0 atom stereocenters. The summed E-state index contributed by atoms with van der Waals surface area (Å²) >= 11 is 0. The van der Waals surface area contributed by atoms with E-state index in [1.54, 1.807) is 0 Å². The third-order valence-electron chi connectivity index (χ3n) is 3.23. The molecule has 0 aromatic rings. The van der Waals surface area contributed by atoms with Crippen molar-refractivity contribution in [1.29, 1.82) is 0 Å². The van der Waals surface area contributed by atoms with Crippen LogP contribution in [0.4, 0.5) is 0 Å². The maximum absolute atomic E-state index is 11.1. The van der Waals surface area contributed by atoms with Crippen molar-refractivity contribution in [2.75, 3.05) is 19.3 Å². The van der Waals surface area contributed by atoms with E-state index in [0.717, 1.165) is 12.5 Å². The molecule has 4 nitrogen and oxygen atoms in total. The zero-order valence-corrected chi connectivity index (χ0v) is 12.1. The molecule has 1 saturated carbocycles. The highest BCUT2D eigenvalue weighted by molar-refractivity contribution is 7.88. The average Bonchev–Trinajstić information content (AvgIpc) is 2.60. The van der Waals surface area contributed by atoms with Crippen molar-refractivity contribution in [2.45, 2.75) is 51.5 Å². The summed E-state index contributed by atoms with van der Waals surface area (Å²) in [6.45, 7) is 5.46. The van der Waals surface area contributed by atoms with Gasteiger partial charge in [0.15, 0.2) is 0 Å². The molecule has 5 heteroatoms. The summed E-state index contributed by atoms with van der Waals surface area (Å²) < 4.78 is 24.9. The van der Waals surface area contributed by atoms with E-state index in [2.05, 4.69) is 10.0 Å². The van der Waals surface area contributed by atoms with Crippen LogP contribution in [-0.2, 0) is 10.0 Å². The van der Waals surface area contributed by atoms with Crippen LogP contribution in [0.2, 0.25) is 0 Å². The largest absolute Gasteiger partial charge is 0.315 e. The lowest BCUT2D eigenvalue weighted by molar-refractivity contribution is 0.401. The molecule has 0 radical (unpaired) electrons. The van der Waals surface area contributed by atoms with Crippen molar-refractivity contribution in [1.82, 2.24) is 10.0 Å². The summed E-state index contributed by atoms with van der Waals surface area (Å²) in [4.78, 5) is 0. The van der Waals surface area contributed by atoms with E-state index in [1.165, 1.54) is 38.4 Å². The Labute approximate surface area is 106 Å². The summed E-state index contributed by atoms with van der Waals surface area (Å²) in [5.41, 5.74) is -0.413. The highest BCUT2D eigenvalue weighted by atomic mass is 32.2. The third-order valence-corrected chi connectivity index (χ3v) is 4.16. The molecular weight excluding hydrogens is 236 g/mol. The molecule has 17 heavy (non-hydrogen) atoms. The molecular formula is C12H26N2O2S. The van der Waals surface area contributed by atoms with Gasteiger partial charge in [0.05, 0.1) is 6.26 Å². The van der Waals surface area contributed by atoms with Crippen LogP contribution >= 0.6 is 0 Å². The Balaban J connectivity index is 2.16. The van der Waals surface area contributed by atoms with Crippen molar-refractivity contribution in [2.24, 2.45) is 5.92 Å². The molecule has 0 amide bonds. The highest BCUT2D eigenvalue weighted by Gasteiger charge is 2.21. The smallest absolute Gasteiger partial charge is 0.209 e. The van der Waals surface area contributed by atoms with Crippen molar-refractivity contribution >= 4 is 10.0 Å². The standard InChI is InChI=1S/C12H26N2O2S/c1-12(2,14-17(3,15)16)10-13-9-8-11-6-4-5-7-11/h11,13-14H,4-10H2,1-3H3. The summed E-state index contributed by atoms with van der Waals surface area (Å²) in [5.74, 6) is 0.883. The molecule has 0 spiro atoms. The molecule has 0 bridgehead atoms. The highest BCUT2D eigenvalue weighted by Crippen LogP contribution is 2.26. The zero-order valence-electron chi connectivity index (χ0n) is 11.3. The quantitative estimate of drug-likeness (QED) is 0.683. The molecule has 0 aliphatic heterocycles. The van der Waals surface area contributed by atoms with Gasteiger partial charge in [-0.15, -0.1) is 0 Å². The Morgan fingerprint density at radius 2 is 1.82 bits per heavy atom. The molecule has 1 rings (SSSR count). The van der Waals surface area contributed by atoms with Crippen LogP contribution in [0.25, 0.3) is 0 Å². The minimum atomic E-state index is -3.12. The Morgan fingerprint density at radius 1 is 1.24 bits per heavy atom. The minimum Gasteiger partial charge on any atom is -0.315 e. The molecule has 0 unspecified atom stereocenters. The number of hydrogen-bond donors (Lipinski definition) is 2. The van der Waals surface area contributed by atoms with Gasteiger partial charge in [0, 0.05) is 12.1 Å². The maximum atomic E-state index is 11.1. The van der Waals surface area contributed by atoms with Gasteiger partial charge in [0.2, 0.25) is 10.0 Å². The summed E-state index contributed by atoms with van der Waals surface area (Å²) in [7, 11) is -3.12. The predicted octanol–water partition coefficient (Wildman–Crippen LogP) is 1.48. The third kappa shape index (κ3) is 7.01. The molecule has 1 aliphatic rings. The summed E-state index contributed by atoms with van der Waals surface area (Å²) in [6.07, 6.45) is 7.92. The van der Waals surface area contributed by atoms with E-state index in [1.807, 2.05) is 13.8 Å². The fourth-order valence-electron chi connectivity index (χ4n) is 2.54. The first-order chi connectivity index (χ1) is 7.79. The molecule has 0 aromatic heterocycles. The average molecular weight is 262 g/mol. The van der Waals surface area contributed by atoms with E-state index < -0.39 is 15.6 Å². The van der Waals surface area contributed by atoms with E-state index in [0.29, 0.717) is 6.54 Å². The lowest BCUT2D eigenvalue weighted by Crippen LogP contribution is -2.50.